The van der Waals surface area contributed by atoms with E-state index in [1.165, 1.54) is 6.07 Å². The number of carbonyl (C=O) groups excluding carboxylic acids is 2. The zero-order valence-electron chi connectivity index (χ0n) is 23.0. The standard InChI is InChI=1S/C33H28N2O7/c1-21-29(32(36)40-19-23-11-5-3-6-12-23)31(28-18-17-27(42-28)25-15-9-10-16-26(25)35(38)39)30(22(2)34-21)33(37)41-20-24-13-7-4-8-14-24/h3-18,31,34H,19-20H2,1-2H3. The van der Waals surface area contributed by atoms with E-state index in [0.717, 1.165) is 11.1 Å². The van der Waals surface area contributed by atoms with E-state index in [2.05, 4.69) is 5.32 Å². The number of nitrogens with zero attached hydrogens (tertiary/aromatic N) is 1. The van der Waals surface area contributed by atoms with E-state index in [-0.39, 0.29) is 47.1 Å². The van der Waals surface area contributed by atoms with Crippen LogP contribution in [-0.2, 0) is 32.3 Å². The number of furan rings is 1. The molecule has 1 aliphatic heterocycles. The van der Waals surface area contributed by atoms with Crippen molar-refractivity contribution in [1.82, 2.24) is 5.32 Å². The molecule has 212 valence electrons. The Balaban J connectivity index is 1.53. The highest BCUT2D eigenvalue weighted by atomic mass is 16.6. The van der Waals surface area contributed by atoms with Gasteiger partial charge < -0.3 is 19.2 Å². The molecule has 42 heavy (non-hydrogen) atoms. The molecular formula is C33H28N2O7. The van der Waals surface area contributed by atoms with Gasteiger partial charge in [-0.3, -0.25) is 10.1 Å². The third-order valence-electron chi connectivity index (χ3n) is 6.90. The van der Waals surface area contributed by atoms with Gasteiger partial charge in [-0.2, -0.15) is 0 Å². The van der Waals surface area contributed by atoms with Crippen molar-refractivity contribution in [1.29, 1.82) is 0 Å². The van der Waals surface area contributed by atoms with Gasteiger partial charge in [0.15, 0.2) is 0 Å². The quantitative estimate of drug-likeness (QED) is 0.138. The first-order valence-electron chi connectivity index (χ1n) is 13.3. The fourth-order valence-corrected chi connectivity index (χ4v) is 4.92. The number of hydrogen-bond donors (Lipinski definition) is 1. The second-order valence-electron chi connectivity index (χ2n) is 9.74. The molecule has 0 amide bonds. The number of para-hydroxylation sites is 1. The van der Waals surface area contributed by atoms with Crippen molar-refractivity contribution in [3.05, 3.63) is 147 Å². The monoisotopic (exact) mass is 564 g/mol. The Labute approximate surface area is 242 Å². The van der Waals surface area contributed by atoms with Gasteiger partial charge in [-0.1, -0.05) is 72.8 Å². The van der Waals surface area contributed by atoms with Crippen LogP contribution in [-0.4, -0.2) is 16.9 Å². The molecule has 1 aromatic heterocycles. The van der Waals surface area contributed by atoms with E-state index in [9.17, 15) is 19.7 Å². The minimum Gasteiger partial charge on any atom is -0.460 e. The first-order valence-corrected chi connectivity index (χ1v) is 13.3. The summed E-state index contributed by atoms with van der Waals surface area (Å²) in [6, 6.07) is 27.9. The summed E-state index contributed by atoms with van der Waals surface area (Å²) in [5.41, 5.74) is 3.05. The lowest BCUT2D eigenvalue weighted by atomic mass is 9.83. The third kappa shape index (κ3) is 6.00. The highest BCUT2D eigenvalue weighted by Crippen LogP contribution is 2.42. The molecule has 0 fully saturated rings. The normalized spacial score (nSPS) is 13.5. The van der Waals surface area contributed by atoms with Crippen molar-refractivity contribution >= 4 is 17.6 Å². The Hall–Kier alpha value is -5.44. The number of allylic oxidation sites excluding steroid dienone is 2. The van der Waals surface area contributed by atoms with Gasteiger partial charge in [0.05, 0.1) is 27.6 Å². The summed E-state index contributed by atoms with van der Waals surface area (Å²) in [6.07, 6.45) is 0. The molecule has 9 heteroatoms. The van der Waals surface area contributed by atoms with E-state index in [4.69, 9.17) is 13.9 Å². The molecule has 0 aliphatic carbocycles. The van der Waals surface area contributed by atoms with Gasteiger partial charge in [0.25, 0.3) is 5.69 Å². The van der Waals surface area contributed by atoms with Crippen LogP contribution in [0.2, 0.25) is 0 Å². The topological polar surface area (TPSA) is 121 Å². The smallest absolute Gasteiger partial charge is 0.337 e. The van der Waals surface area contributed by atoms with E-state index < -0.39 is 22.8 Å². The summed E-state index contributed by atoms with van der Waals surface area (Å²) < 4.78 is 17.5. The molecule has 0 radical (unpaired) electrons. The van der Waals surface area contributed by atoms with Gasteiger partial charge in [0.2, 0.25) is 0 Å². The van der Waals surface area contributed by atoms with Crippen molar-refractivity contribution in [2.75, 3.05) is 0 Å². The van der Waals surface area contributed by atoms with E-state index in [0.29, 0.717) is 11.4 Å². The number of esters is 2. The van der Waals surface area contributed by atoms with Crippen LogP contribution in [0, 0.1) is 10.1 Å². The average Bonchev–Trinajstić information content (AvgIpc) is 3.49. The van der Waals surface area contributed by atoms with Crippen LogP contribution in [0.1, 0.15) is 36.7 Å². The number of carbonyl (C=O) groups is 2. The molecule has 0 saturated carbocycles. The summed E-state index contributed by atoms with van der Waals surface area (Å²) in [6.45, 7) is 3.49. The van der Waals surface area contributed by atoms with Crippen molar-refractivity contribution in [2.45, 2.75) is 33.0 Å². The lowest BCUT2D eigenvalue weighted by Gasteiger charge is -2.29. The van der Waals surface area contributed by atoms with Gasteiger partial charge >= 0.3 is 11.9 Å². The summed E-state index contributed by atoms with van der Waals surface area (Å²) in [4.78, 5) is 38.4. The fourth-order valence-electron chi connectivity index (χ4n) is 4.92. The van der Waals surface area contributed by atoms with Crippen LogP contribution in [0.4, 0.5) is 5.69 Å². The van der Waals surface area contributed by atoms with E-state index in [1.54, 1.807) is 44.2 Å². The maximum atomic E-state index is 13.6. The SMILES string of the molecule is CC1=C(C(=O)OCc2ccccc2)C(c2ccc(-c3ccccc3[N+](=O)[O-])o2)C(C(=O)OCc2ccccc2)=C(C)N1. The van der Waals surface area contributed by atoms with Crippen LogP contribution in [0.25, 0.3) is 11.3 Å². The van der Waals surface area contributed by atoms with E-state index in [1.807, 2.05) is 60.7 Å². The summed E-state index contributed by atoms with van der Waals surface area (Å²) in [5.74, 6) is -1.81. The van der Waals surface area contributed by atoms with Gasteiger partial charge in [-0.05, 0) is 43.2 Å². The number of ether oxygens (including phenoxy) is 2. The number of rotatable bonds is 9. The van der Waals surface area contributed by atoms with Gasteiger partial charge in [-0.25, -0.2) is 9.59 Å². The lowest BCUT2D eigenvalue weighted by Crippen LogP contribution is -2.32. The fraction of sp³-hybridized carbons (Fsp3) is 0.152. The second kappa shape index (κ2) is 12.4. The molecule has 0 unspecified atom stereocenters. The lowest BCUT2D eigenvalue weighted by molar-refractivity contribution is -0.384. The molecule has 9 nitrogen and oxygen atoms in total. The Bertz CT molecular complexity index is 1610. The van der Waals surface area contributed by atoms with Crippen LogP contribution in [0.15, 0.2) is 124 Å². The number of nitro groups is 1. The number of dihydropyridines is 1. The molecular weight excluding hydrogens is 536 g/mol. The van der Waals surface area contributed by atoms with Crippen molar-refractivity contribution in [3.8, 4) is 11.3 Å². The Morgan fingerprint density at radius 3 is 1.79 bits per heavy atom. The highest BCUT2D eigenvalue weighted by molar-refractivity contribution is 5.99. The minimum atomic E-state index is -0.991. The summed E-state index contributed by atoms with van der Waals surface area (Å²) in [7, 11) is 0. The predicted molar refractivity (Wildman–Crippen MR) is 155 cm³/mol. The van der Waals surface area contributed by atoms with Crippen molar-refractivity contribution in [3.63, 3.8) is 0 Å². The molecule has 1 aliphatic rings. The first-order chi connectivity index (χ1) is 20.3. The molecule has 4 aromatic rings. The summed E-state index contributed by atoms with van der Waals surface area (Å²) >= 11 is 0. The van der Waals surface area contributed by atoms with Crippen LogP contribution in [0.3, 0.4) is 0 Å². The van der Waals surface area contributed by atoms with Gasteiger partial charge in [-0.15, -0.1) is 0 Å². The molecule has 0 spiro atoms. The largest absolute Gasteiger partial charge is 0.460 e. The van der Waals surface area contributed by atoms with Gasteiger partial charge in [0.1, 0.15) is 24.7 Å². The number of nitrogens with one attached hydrogen (secondary N) is 1. The molecule has 5 rings (SSSR count). The number of hydrogen-bond acceptors (Lipinski definition) is 8. The second-order valence-corrected chi connectivity index (χ2v) is 9.74. The van der Waals surface area contributed by atoms with Crippen molar-refractivity contribution < 1.29 is 28.4 Å². The zero-order valence-corrected chi connectivity index (χ0v) is 23.0. The first kappa shape index (κ1) is 28.1. The third-order valence-corrected chi connectivity index (χ3v) is 6.90. The predicted octanol–water partition coefficient (Wildman–Crippen LogP) is 6.58. The highest BCUT2D eigenvalue weighted by Gasteiger charge is 2.40. The molecule has 0 saturated heterocycles. The van der Waals surface area contributed by atoms with Crippen LogP contribution in [0.5, 0.6) is 0 Å². The maximum Gasteiger partial charge on any atom is 0.337 e. The van der Waals surface area contributed by atoms with Gasteiger partial charge in [0, 0.05) is 17.5 Å². The van der Waals surface area contributed by atoms with Crippen LogP contribution >= 0.6 is 0 Å². The summed E-state index contributed by atoms with van der Waals surface area (Å²) in [5, 5.41) is 14.8. The Kier molecular flexibility index (Phi) is 8.29. The minimum absolute atomic E-state index is 0.0271. The molecule has 2 heterocycles. The molecule has 3 aromatic carbocycles. The number of nitro benzene ring substituents is 1. The molecule has 0 atom stereocenters. The number of benzene rings is 3. The molecule has 0 bridgehead atoms. The van der Waals surface area contributed by atoms with Crippen LogP contribution < -0.4 is 5.32 Å². The maximum absolute atomic E-state index is 13.6. The molecule has 1 N–H and O–H groups in total. The Morgan fingerprint density at radius 2 is 1.26 bits per heavy atom. The van der Waals surface area contributed by atoms with Crippen molar-refractivity contribution in [2.24, 2.45) is 0 Å². The average molecular weight is 565 g/mol. The zero-order chi connectivity index (χ0) is 29.6. The Morgan fingerprint density at radius 1 is 0.762 bits per heavy atom. The van der Waals surface area contributed by atoms with E-state index >= 15 is 0 Å².